The first-order valence-corrected chi connectivity index (χ1v) is 5.09. The van der Waals surface area contributed by atoms with Gasteiger partial charge in [0.1, 0.15) is 0 Å². The van der Waals surface area contributed by atoms with E-state index in [2.05, 4.69) is 5.10 Å². The monoisotopic (exact) mass is 325 g/mol. The van der Waals surface area contributed by atoms with Gasteiger partial charge in [-0.2, -0.15) is 5.10 Å². The summed E-state index contributed by atoms with van der Waals surface area (Å²) in [6.45, 7) is 1.38. The van der Waals surface area contributed by atoms with Crippen LogP contribution in [-0.2, 0) is 11.3 Å². The minimum Gasteiger partial charge on any atom is -0.481 e. The first kappa shape index (κ1) is 11.9. The molecule has 0 saturated heterocycles. The van der Waals surface area contributed by atoms with E-state index in [1.165, 1.54) is 6.92 Å². The van der Waals surface area contributed by atoms with Gasteiger partial charge in [0, 0.05) is 0 Å². The standard InChI is InChI=1S/C7H8IN3O4/c1-3(6(13)14)2-11-7(15)9-5(12)4(8)10-11/h3H,2H2,1H3,(H,13,14)(H,9,12,15)/t3-/m0/s1. The van der Waals surface area contributed by atoms with E-state index in [1.807, 2.05) is 4.98 Å². The van der Waals surface area contributed by atoms with Gasteiger partial charge in [0.15, 0.2) is 3.70 Å². The molecule has 0 aliphatic rings. The number of rotatable bonds is 3. The highest BCUT2D eigenvalue weighted by atomic mass is 127. The highest BCUT2D eigenvalue weighted by Crippen LogP contribution is 1.97. The lowest BCUT2D eigenvalue weighted by atomic mass is 10.2. The number of H-pyrrole nitrogens is 1. The Kier molecular flexibility index (Phi) is 3.61. The van der Waals surface area contributed by atoms with Crippen LogP contribution in [0.25, 0.3) is 0 Å². The van der Waals surface area contributed by atoms with Crippen LogP contribution in [0.2, 0.25) is 0 Å². The van der Waals surface area contributed by atoms with Crippen molar-refractivity contribution in [2.24, 2.45) is 5.92 Å². The summed E-state index contributed by atoms with van der Waals surface area (Å²) >= 11 is 1.67. The largest absolute Gasteiger partial charge is 0.481 e. The van der Waals surface area contributed by atoms with Crippen molar-refractivity contribution in [1.82, 2.24) is 14.8 Å². The van der Waals surface area contributed by atoms with Gasteiger partial charge in [0.05, 0.1) is 12.5 Å². The average molecular weight is 325 g/mol. The number of halogens is 1. The van der Waals surface area contributed by atoms with Crippen LogP contribution in [-0.4, -0.2) is 25.8 Å². The van der Waals surface area contributed by atoms with Gasteiger partial charge in [-0.1, -0.05) is 6.92 Å². The van der Waals surface area contributed by atoms with E-state index in [9.17, 15) is 14.4 Å². The molecular weight excluding hydrogens is 317 g/mol. The van der Waals surface area contributed by atoms with Crippen molar-refractivity contribution in [3.63, 3.8) is 0 Å². The van der Waals surface area contributed by atoms with Gasteiger partial charge in [0.25, 0.3) is 5.56 Å². The lowest BCUT2D eigenvalue weighted by molar-refractivity contribution is -0.141. The second-order valence-electron chi connectivity index (χ2n) is 2.97. The van der Waals surface area contributed by atoms with Crippen molar-refractivity contribution in [2.75, 3.05) is 0 Å². The summed E-state index contributed by atoms with van der Waals surface area (Å²) in [6, 6.07) is 0. The fraction of sp³-hybridized carbons (Fsp3) is 0.429. The van der Waals surface area contributed by atoms with Gasteiger partial charge in [-0.3, -0.25) is 14.6 Å². The van der Waals surface area contributed by atoms with Crippen LogP contribution in [0, 0.1) is 9.62 Å². The Hall–Kier alpha value is -1.19. The first-order valence-electron chi connectivity index (χ1n) is 4.01. The lowest BCUT2D eigenvalue weighted by Gasteiger charge is -2.07. The number of hydrogen-bond acceptors (Lipinski definition) is 4. The zero-order valence-electron chi connectivity index (χ0n) is 7.73. The van der Waals surface area contributed by atoms with Crippen LogP contribution < -0.4 is 11.2 Å². The number of nitrogens with zero attached hydrogens (tertiary/aromatic N) is 2. The predicted molar refractivity (Wildman–Crippen MR) is 58.6 cm³/mol. The Morgan fingerprint density at radius 1 is 1.67 bits per heavy atom. The minimum atomic E-state index is -1.02. The van der Waals surface area contributed by atoms with Crippen LogP contribution in [0.3, 0.4) is 0 Å². The zero-order chi connectivity index (χ0) is 11.6. The van der Waals surface area contributed by atoms with E-state index in [0.29, 0.717) is 0 Å². The first-order chi connectivity index (χ1) is 6.91. The molecule has 0 amide bonds. The highest BCUT2D eigenvalue weighted by Gasteiger charge is 2.14. The van der Waals surface area contributed by atoms with Gasteiger partial charge in [0.2, 0.25) is 0 Å². The van der Waals surface area contributed by atoms with E-state index in [1.54, 1.807) is 22.6 Å². The molecule has 0 saturated carbocycles. The molecule has 0 aromatic carbocycles. The lowest BCUT2D eigenvalue weighted by Crippen LogP contribution is -2.36. The summed E-state index contributed by atoms with van der Waals surface area (Å²) in [5.74, 6) is -1.76. The summed E-state index contributed by atoms with van der Waals surface area (Å²) in [4.78, 5) is 34.7. The van der Waals surface area contributed by atoms with Crippen LogP contribution in [0.5, 0.6) is 0 Å². The Morgan fingerprint density at radius 3 is 2.80 bits per heavy atom. The molecule has 0 unspecified atom stereocenters. The minimum absolute atomic E-state index is 0.0685. The fourth-order valence-corrected chi connectivity index (χ4v) is 1.27. The molecule has 1 aromatic heterocycles. The van der Waals surface area contributed by atoms with Gasteiger partial charge >= 0.3 is 11.7 Å². The average Bonchev–Trinajstić information content (AvgIpc) is 2.13. The van der Waals surface area contributed by atoms with E-state index < -0.39 is 23.1 Å². The van der Waals surface area contributed by atoms with Gasteiger partial charge < -0.3 is 5.11 Å². The van der Waals surface area contributed by atoms with Crippen LogP contribution in [0.1, 0.15) is 6.92 Å². The molecule has 8 heteroatoms. The maximum Gasteiger partial charge on any atom is 0.344 e. The molecule has 0 radical (unpaired) electrons. The molecule has 0 aliphatic heterocycles. The molecule has 0 spiro atoms. The quantitative estimate of drug-likeness (QED) is 0.712. The van der Waals surface area contributed by atoms with Crippen molar-refractivity contribution >= 4 is 28.6 Å². The second kappa shape index (κ2) is 4.55. The Balaban J connectivity index is 3.06. The van der Waals surface area contributed by atoms with Crippen LogP contribution in [0.15, 0.2) is 9.59 Å². The third-order valence-corrected chi connectivity index (χ3v) is 2.42. The molecule has 1 atom stereocenters. The number of carboxylic acids is 1. The summed E-state index contributed by atoms with van der Waals surface area (Å²) in [6.07, 6.45) is 0. The molecule has 0 bridgehead atoms. The molecule has 1 rings (SSSR count). The number of aromatic nitrogens is 3. The van der Waals surface area contributed by atoms with Crippen molar-refractivity contribution in [2.45, 2.75) is 13.5 Å². The maximum absolute atomic E-state index is 11.2. The van der Waals surface area contributed by atoms with E-state index in [0.717, 1.165) is 4.68 Å². The van der Waals surface area contributed by atoms with Gasteiger partial charge in [-0.05, 0) is 22.6 Å². The Labute approximate surface area is 97.3 Å². The molecule has 0 fully saturated rings. The molecule has 1 aromatic rings. The molecule has 0 aliphatic carbocycles. The normalized spacial score (nSPS) is 12.4. The molecular formula is C7H8IN3O4. The predicted octanol–water partition coefficient (Wildman–Crippen LogP) is -0.743. The van der Waals surface area contributed by atoms with Crippen molar-refractivity contribution in [3.05, 3.63) is 24.5 Å². The number of aliphatic carboxylic acids is 1. The number of hydrogen-bond donors (Lipinski definition) is 2. The van der Waals surface area contributed by atoms with Crippen molar-refractivity contribution < 1.29 is 9.90 Å². The highest BCUT2D eigenvalue weighted by molar-refractivity contribution is 14.1. The molecule has 15 heavy (non-hydrogen) atoms. The molecule has 7 nitrogen and oxygen atoms in total. The fourth-order valence-electron chi connectivity index (χ4n) is 0.871. The third kappa shape index (κ3) is 2.88. The van der Waals surface area contributed by atoms with Crippen LogP contribution in [0.4, 0.5) is 0 Å². The van der Waals surface area contributed by atoms with E-state index >= 15 is 0 Å². The zero-order valence-corrected chi connectivity index (χ0v) is 9.89. The smallest absolute Gasteiger partial charge is 0.344 e. The maximum atomic E-state index is 11.2. The van der Waals surface area contributed by atoms with Gasteiger partial charge in [-0.25, -0.2) is 9.48 Å². The Morgan fingerprint density at radius 2 is 2.27 bits per heavy atom. The summed E-state index contributed by atoms with van der Waals surface area (Å²) in [5.41, 5.74) is -1.27. The van der Waals surface area contributed by atoms with Crippen molar-refractivity contribution in [1.29, 1.82) is 0 Å². The number of aromatic amines is 1. The number of carbonyl (C=O) groups is 1. The summed E-state index contributed by atoms with van der Waals surface area (Å²) in [7, 11) is 0. The molecule has 1 heterocycles. The number of nitrogens with one attached hydrogen (secondary N) is 1. The molecule has 2 N–H and O–H groups in total. The van der Waals surface area contributed by atoms with Crippen molar-refractivity contribution in [3.8, 4) is 0 Å². The van der Waals surface area contributed by atoms with Crippen LogP contribution >= 0.6 is 22.6 Å². The van der Waals surface area contributed by atoms with Gasteiger partial charge in [-0.15, -0.1) is 0 Å². The topological polar surface area (TPSA) is 105 Å². The summed E-state index contributed by atoms with van der Waals surface area (Å²) in [5, 5.41) is 12.3. The third-order valence-electron chi connectivity index (χ3n) is 1.72. The number of carboxylic acid groups (broad SMARTS) is 1. The summed E-state index contributed by atoms with van der Waals surface area (Å²) < 4.78 is 1.03. The second-order valence-corrected chi connectivity index (χ2v) is 3.99. The molecule has 82 valence electrons. The SMILES string of the molecule is C[C@@H](Cn1nc(I)c(=O)[nH]c1=O)C(=O)O. The van der Waals surface area contributed by atoms with E-state index in [-0.39, 0.29) is 10.2 Å². The van der Waals surface area contributed by atoms with E-state index in [4.69, 9.17) is 5.11 Å². The Bertz CT molecular complexity index is 492.